The van der Waals surface area contributed by atoms with Gasteiger partial charge < -0.3 is 18.8 Å². The SMILES string of the molecule is CCOC(=O)CC(c1ccc(OC)c([C@@H](C)N2Cc3cc(O)ccc3OS2(=O)=O)c1)c1ccc2c(nnn2CCCCBr)c1C. The summed E-state index contributed by atoms with van der Waals surface area (Å²) in [5.74, 6) is -0.101. The molecule has 1 N–H and O–H groups in total. The van der Waals surface area contributed by atoms with Crippen molar-refractivity contribution < 1.29 is 32.0 Å². The first-order valence-electron chi connectivity index (χ1n) is 14.8. The Morgan fingerprint density at radius 2 is 1.93 bits per heavy atom. The zero-order valence-corrected chi connectivity index (χ0v) is 28.1. The fourth-order valence-electron chi connectivity index (χ4n) is 5.84. The number of aromatic hydroxyl groups is 1. The molecular weight excluding hydrogens is 664 g/mol. The summed E-state index contributed by atoms with van der Waals surface area (Å²) in [6, 6.07) is 13.1. The number of carbonyl (C=O) groups excluding carboxylic acids is 1. The number of phenols is 1. The number of methoxy groups -OCH3 is 1. The highest BCUT2D eigenvalue weighted by Crippen LogP contribution is 2.41. The monoisotopic (exact) mass is 700 g/mol. The molecule has 0 fully saturated rings. The number of hydrogen-bond acceptors (Lipinski definition) is 9. The quantitative estimate of drug-likeness (QED) is 0.109. The van der Waals surface area contributed by atoms with Gasteiger partial charge in [0.2, 0.25) is 0 Å². The minimum absolute atomic E-state index is 0.00601. The second-order valence-electron chi connectivity index (χ2n) is 11.0. The van der Waals surface area contributed by atoms with Crippen molar-refractivity contribution in [2.24, 2.45) is 0 Å². The summed E-state index contributed by atoms with van der Waals surface area (Å²) in [4.78, 5) is 12.9. The van der Waals surface area contributed by atoms with E-state index in [9.17, 15) is 18.3 Å². The van der Waals surface area contributed by atoms with E-state index in [1.165, 1.54) is 29.6 Å². The lowest BCUT2D eigenvalue weighted by Gasteiger charge is -2.33. The topological polar surface area (TPSA) is 133 Å². The molecule has 0 aliphatic carbocycles. The highest BCUT2D eigenvalue weighted by molar-refractivity contribution is 9.09. The fraction of sp³-hybridized carbons (Fsp3) is 0.406. The third-order valence-electron chi connectivity index (χ3n) is 8.18. The average Bonchev–Trinajstić information content (AvgIpc) is 3.43. The van der Waals surface area contributed by atoms with Crippen molar-refractivity contribution >= 4 is 43.2 Å². The Labute approximate surface area is 271 Å². The van der Waals surface area contributed by atoms with E-state index in [0.29, 0.717) is 16.9 Å². The zero-order valence-electron chi connectivity index (χ0n) is 25.7. The Balaban J connectivity index is 1.56. The molecule has 1 unspecified atom stereocenters. The van der Waals surface area contributed by atoms with E-state index in [1.807, 2.05) is 35.9 Å². The summed E-state index contributed by atoms with van der Waals surface area (Å²) in [6.45, 7) is 6.49. The first-order valence-corrected chi connectivity index (χ1v) is 17.3. The molecule has 0 spiro atoms. The van der Waals surface area contributed by atoms with Crippen molar-refractivity contribution in [3.05, 3.63) is 76.3 Å². The van der Waals surface area contributed by atoms with E-state index in [2.05, 4.69) is 26.2 Å². The summed E-state index contributed by atoms with van der Waals surface area (Å²) in [5.41, 5.74) is 5.40. The van der Waals surface area contributed by atoms with Crippen LogP contribution in [0.1, 0.15) is 72.9 Å². The molecule has 240 valence electrons. The maximum atomic E-state index is 13.3. The molecular formula is C32H37BrN4O7S. The fourth-order valence-corrected chi connectivity index (χ4v) is 7.52. The van der Waals surface area contributed by atoms with Gasteiger partial charge in [0.25, 0.3) is 0 Å². The number of fused-ring (bicyclic) bond motifs is 2. The number of halogens is 1. The van der Waals surface area contributed by atoms with Gasteiger partial charge >= 0.3 is 16.3 Å². The third kappa shape index (κ3) is 6.80. The molecule has 0 amide bonds. The van der Waals surface area contributed by atoms with Crippen molar-refractivity contribution in [2.75, 3.05) is 19.0 Å². The smallest absolute Gasteiger partial charge is 0.386 e. The summed E-state index contributed by atoms with van der Waals surface area (Å²) < 4.78 is 46.1. The Morgan fingerprint density at radius 3 is 2.67 bits per heavy atom. The number of unbranched alkanes of at least 4 members (excludes halogenated alkanes) is 1. The maximum Gasteiger partial charge on any atom is 0.386 e. The lowest BCUT2D eigenvalue weighted by molar-refractivity contribution is -0.143. The number of nitrogens with zero attached hydrogens (tertiary/aromatic N) is 4. The molecule has 2 atom stereocenters. The number of esters is 1. The number of phenolic OH excluding ortho intramolecular Hbond substituents is 1. The predicted octanol–water partition coefficient (Wildman–Crippen LogP) is 5.91. The lowest BCUT2D eigenvalue weighted by atomic mass is 9.84. The molecule has 4 aromatic rings. The molecule has 5 rings (SSSR count). The van der Waals surface area contributed by atoms with Crippen molar-refractivity contribution in [2.45, 2.75) is 65.1 Å². The van der Waals surface area contributed by atoms with Gasteiger partial charge in [0.1, 0.15) is 22.8 Å². The van der Waals surface area contributed by atoms with Crippen LogP contribution in [0, 0.1) is 6.92 Å². The van der Waals surface area contributed by atoms with Gasteiger partial charge in [-0.2, -0.15) is 12.7 Å². The number of aryl methyl sites for hydroxylation is 2. The third-order valence-corrected chi connectivity index (χ3v) is 10.1. The van der Waals surface area contributed by atoms with Crippen LogP contribution in [0.3, 0.4) is 0 Å². The standard InChI is InChI=1S/C32H37BrN4O7S/c1-5-43-31(39)18-27(25-10-11-28-32(20(25)2)34-35-36(28)15-7-6-14-33)22-8-12-30(42-4)26(17-22)21(3)37-19-23-16-24(38)9-13-29(23)44-45(37,40)41/h8-13,16-17,21,27,38H,5-7,14-15,18-19H2,1-4H3/t21-,27?/m1/s1. The van der Waals surface area contributed by atoms with E-state index in [4.69, 9.17) is 13.7 Å². The number of rotatable bonds is 12. The molecule has 1 aromatic heterocycles. The van der Waals surface area contributed by atoms with Crippen molar-refractivity contribution in [1.82, 2.24) is 19.3 Å². The van der Waals surface area contributed by atoms with Gasteiger partial charge in [0.05, 0.1) is 31.7 Å². The van der Waals surface area contributed by atoms with E-state index >= 15 is 0 Å². The first-order chi connectivity index (χ1) is 21.6. The molecule has 2 heterocycles. The van der Waals surface area contributed by atoms with Gasteiger partial charge in [-0.3, -0.25) is 4.79 Å². The molecule has 0 bridgehead atoms. The average molecular weight is 702 g/mol. The van der Waals surface area contributed by atoms with Gasteiger partial charge in [-0.05, 0) is 86.7 Å². The normalized spacial score (nSPS) is 15.7. The van der Waals surface area contributed by atoms with Gasteiger partial charge in [-0.15, -0.1) is 5.10 Å². The van der Waals surface area contributed by atoms with E-state index in [1.54, 1.807) is 19.9 Å². The molecule has 45 heavy (non-hydrogen) atoms. The second kappa shape index (κ2) is 13.8. The largest absolute Gasteiger partial charge is 0.508 e. The van der Waals surface area contributed by atoms with Crippen LogP contribution in [-0.2, 0) is 32.9 Å². The molecule has 1 aliphatic rings. The molecule has 0 saturated carbocycles. The van der Waals surface area contributed by atoms with Crippen LogP contribution in [0.5, 0.6) is 17.2 Å². The number of carbonyl (C=O) groups is 1. The Bertz CT molecular complexity index is 1810. The molecule has 1 aliphatic heterocycles. The van der Waals surface area contributed by atoms with Gasteiger partial charge in [-0.25, -0.2) is 4.68 Å². The maximum absolute atomic E-state index is 13.3. The summed E-state index contributed by atoms with van der Waals surface area (Å²) in [7, 11) is -2.65. The van der Waals surface area contributed by atoms with Gasteiger partial charge in [-0.1, -0.05) is 33.3 Å². The van der Waals surface area contributed by atoms with Crippen LogP contribution in [0.4, 0.5) is 0 Å². The minimum Gasteiger partial charge on any atom is -0.508 e. The Hall–Kier alpha value is -3.68. The van der Waals surface area contributed by atoms with Crippen LogP contribution < -0.4 is 8.92 Å². The van der Waals surface area contributed by atoms with E-state index < -0.39 is 22.3 Å². The molecule has 11 nitrogen and oxygen atoms in total. The molecule has 3 aromatic carbocycles. The Morgan fingerprint density at radius 1 is 1.13 bits per heavy atom. The van der Waals surface area contributed by atoms with Gasteiger partial charge in [0, 0.05) is 35.5 Å². The molecule has 0 saturated heterocycles. The minimum atomic E-state index is -4.17. The molecule has 13 heteroatoms. The van der Waals surface area contributed by atoms with Crippen LogP contribution in [0.2, 0.25) is 0 Å². The Kier molecular flexibility index (Phi) is 10.00. The first kappa shape index (κ1) is 32.7. The van der Waals surface area contributed by atoms with Crippen molar-refractivity contribution in [1.29, 1.82) is 0 Å². The van der Waals surface area contributed by atoms with Crippen LogP contribution in [-0.4, -0.2) is 57.8 Å². The summed E-state index contributed by atoms with van der Waals surface area (Å²) in [6.07, 6.45) is 2.06. The number of aromatic nitrogens is 3. The van der Waals surface area contributed by atoms with Gasteiger partial charge in [0.15, 0.2) is 0 Å². The highest BCUT2D eigenvalue weighted by Gasteiger charge is 2.37. The van der Waals surface area contributed by atoms with Crippen molar-refractivity contribution in [3.63, 3.8) is 0 Å². The number of ether oxygens (including phenoxy) is 2. The highest BCUT2D eigenvalue weighted by atomic mass is 79.9. The summed E-state index contributed by atoms with van der Waals surface area (Å²) in [5, 5.41) is 19.8. The number of hydrogen-bond donors (Lipinski definition) is 1. The number of benzene rings is 3. The van der Waals surface area contributed by atoms with Crippen LogP contribution in [0.25, 0.3) is 11.0 Å². The van der Waals surface area contributed by atoms with E-state index in [0.717, 1.165) is 52.4 Å². The number of alkyl halides is 1. The zero-order chi connectivity index (χ0) is 32.3. The van der Waals surface area contributed by atoms with Crippen molar-refractivity contribution in [3.8, 4) is 17.2 Å². The predicted molar refractivity (Wildman–Crippen MR) is 173 cm³/mol. The van der Waals surface area contributed by atoms with Crippen LogP contribution in [0.15, 0.2) is 48.5 Å². The molecule has 0 radical (unpaired) electrons. The van der Waals surface area contributed by atoms with Crippen LogP contribution >= 0.6 is 15.9 Å². The lowest BCUT2D eigenvalue weighted by Crippen LogP contribution is -2.39. The summed E-state index contributed by atoms with van der Waals surface area (Å²) >= 11 is 3.47. The van der Waals surface area contributed by atoms with E-state index in [-0.39, 0.29) is 37.0 Å². The second-order valence-corrected chi connectivity index (χ2v) is 13.3.